The summed E-state index contributed by atoms with van der Waals surface area (Å²) in [6.07, 6.45) is -4.36. The molecule has 0 bridgehead atoms. The summed E-state index contributed by atoms with van der Waals surface area (Å²) in [5.74, 6) is -0.663. The molecular weight excluding hydrogens is 265 g/mol. The Balaban J connectivity index is 2.31. The minimum Gasteiger partial charge on any atom is -0.364 e. The van der Waals surface area contributed by atoms with Crippen LogP contribution < -0.4 is 5.73 Å². The third kappa shape index (κ3) is 2.51. The zero-order valence-electron chi connectivity index (χ0n) is 8.86. The Morgan fingerprint density at radius 2 is 1.83 bits per heavy atom. The van der Waals surface area contributed by atoms with Gasteiger partial charge in [-0.1, -0.05) is 12.1 Å². The highest BCUT2D eigenvalue weighted by Crippen LogP contribution is 2.31. The summed E-state index contributed by atoms with van der Waals surface area (Å²) >= 11 is 1.15. The summed E-state index contributed by atoms with van der Waals surface area (Å²) in [5, 5.41) is 1.92. The van der Waals surface area contributed by atoms with Gasteiger partial charge in [0.1, 0.15) is 10.7 Å². The van der Waals surface area contributed by atoms with Crippen molar-refractivity contribution < 1.29 is 18.0 Å². The number of carbonyl (C=O) groups is 1. The normalized spacial score (nSPS) is 11.5. The Morgan fingerprint density at radius 3 is 2.28 bits per heavy atom. The van der Waals surface area contributed by atoms with Crippen molar-refractivity contribution in [3.63, 3.8) is 0 Å². The van der Waals surface area contributed by atoms with Crippen molar-refractivity contribution in [1.82, 2.24) is 4.98 Å². The molecule has 2 aromatic rings. The molecule has 1 heterocycles. The van der Waals surface area contributed by atoms with Gasteiger partial charge in [-0.15, -0.1) is 11.3 Å². The Hall–Kier alpha value is -1.89. The van der Waals surface area contributed by atoms with E-state index in [-0.39, 0.29) is 5.69 Å². The van der Waals surface area contributed by atoms with E-state index in [4.69, 9.17) is 5.73 Å². The average molecular weight is 272 g/mol. The van der Waals surface area contributed by atoms with Crippen LogP contribution in [0.3, 0.4) is 0 Å². The second-order valence-corrected chi connectivity index (χ2v) is 4.34. The topological polar surface area (TPSA) is 56.0 Å². The van der Waals surface area contributed by atoms with Crippen molar-refractivity contribution in [2.75, 3.05) is 0 Å². The summed E-state index contributed by atoms with van der Waals surface area (Å²) in [7, 11) is 0. The van der Waals surface area contributed by atoms with Gasteiger partial charge in [-0.3, -0.25) is 4.79 Å². The van der Waals surface area contributed by atoms with Crippen molar-refractivity contribution in [3.8, 4) is 10.6 Å². The highest BCUT2D eigenvalue weighted by Gasteiger charge is 2.30. The molecule has 18 heavy (non-hydrogen) atoms. The molecule has 0 fully saturated rings. The summed E-state index contributed by atoms with van der Waals surface area (Å²) < 4.78 is 37.1. The number of hydrogen-bond donors (Lipinski definition) is 1. The molecule has 0 radical (unpaired) electrons. The van der Waals surface area contributed by atoms with E-state index in [2.05, 4.69) is 4.98 Å². The maximum atomic E-state index is 12.4. The smallest absolute Gasteiger partial charge is 0.364 e. The number of aromatic nitrogens is 1. The number of nitrogens with zero attached hydrogens (tertiary/aromatic N) is 1. The maximum absolute atomic E-state index is 12.4. The van der Waals surface area contributed by atoms with Gasteiger partial charge in [0.05, 0.1) is 5.56 Å². The number of rotatable bonds is 2. The number of thiazole rings is 1. The zero-order valence-corrected chi connectivity index (χ0v) is 9.68. The van der Waals surface area contributed by atoms with E-state index in [0.717, 1.165) is 23.5 Å². The zero-order chi connectivity index (χ0) is 13.3. The number of primary amides is 1. The molecule has 1 aromatic carbocycles. The van der Waals surface area contributed by atoms with Crippen molar-refractivity contribution in [3.05, 3.63) is 40.9 Å². The van der Waals surface area contributed by atoms with Crippen LogP contribution in [0.15, 0.2) is 29.6 Å². The van der Waals surface area contributed by atoms with Gasteiger partial charge in [-0.05, 0) is 12.1 Å². The van der Waals surface area contributed by atoms with Crippen molar-refractivity contribution in [2.24, 2.45) is 5.73 Å². The molecule has 0 atom stereocenters. The van der Waals surface area contributed by atoms with Gasteiger partial charge in [0.2, 0.25) is 0 Å². The van der Waals surface area contributed by atoms with Gasteiger partial charge in [-0.25, -0.2) is 4.98 Å². The molecule has 3 nitrogen and oxygen atoms in total. The molecule has 2 N–H and O–H groups in total. The lowest BCUT2D eigenvalue weighted by Gasteiger charge is -2.06. The van der Waals surface area contributed by atoms with Crippen LogP contribution >= 0.6 is 11.3 Å². The van der Waals surface area contributed by atoms with Crippen LogP contribution in [0.4, 0.5) is 13.2 Å². The summed E-state index contributed by atoms with van der Waals surface area (Å²) in [6.45, 7) is 0. The van der Waals surface area contributed by atoms with E-state index in [1.54, 1.807) is 0 Å². The van der Waals surface area contributed by atoms with Crippen LogP contribution in [0.1, 0.15) is 16.1 Å². The molecule has 7 heteroatoms. The lowest BCUT2D eigenvalue weighted by molar-refractivity contribution is -0.137. The minimum atomic E-state index is -4.36. The molecule has 0 aliphatic rings. The number of amides is 1. The quantitative estimate of drug-likeness (QED) is 0.913. The molecule has 0 unspecified atom stereocenters. The van der Waals surface area contributed by atoms with Gasteiger partial charge in [0, 0.05) is 10.9 Å². The molecule has 94 valence electrons. The standard InChI is InChI=1S/C11H7F3N2OS/c12-11(13,14)7-3-1-6(2-4-7)10-16-8(5-18-10)9(15)17/h1-5H,(H2,15,17). The Bertz CT molecular complexity index is 575. The van der Waals surface area contributed by atoms with Gasteiger partial charge >= 0.3 is 6.18 Å². The third-order valence-electron chi connectivity index (χ3n) is 2.22. The molecule has 1 aromatic heterocycles. The van der Waals surface area contributed by atoms with E-state index < -0.39 is 17.6 Å². The summed E-state index contributed by atoms with van der Waals surface area (Å²) in [5.41, 5.74) is 4.94. The fraction of sp³-hybridized carbons (Fsp3) is 0.0909. The molecule has 0 saturated heterocycles. The van der Waals surface area contributed by atoms with Gasteiger partial charge in [0.15, 0.2) is 0 Å². The first-order valence-electron chi connectivity index (χ1n) is 4.81. The van der Waals surface area contributed by atoms with Crippen molar-refractivity contribution >= 4 is 17.2 Å². The second-order valence-electron chi connectivity index (χ2n) is 3.48. The van der Waals surface area contributed by atoms with E-state index in [1.165, 1.54) is 17.5 Å². The van der Waals surface area contributed by atoms with Gasteiger partial charge in [0.25, 0.3) is 5.91 Å². The number of halogens is 3. The summed E-state index contributed by atoms with van der Waals surface area (Å²) in [6, 6.07) is 4.57. The molecule has 0 saturated carbocycles. The first-order chi connectivity index (χ1) is 8.38. The SMILES string of the molecule is NC(=O)c1csc(-c2ccc(C(F)(F)F)cc2)n1. The number of benzene rings is 1. The number of alkyl halides is 3. The second kappa shape index (κ2) is 4.41. The van der Waals surface area contributed by atoms with Crippen molar-refractivity contribution in [1.29, 1.82) is 0 Å². The van der Waals surface area contributed by atoms with Crippen LogP contribution in [0, 0.1) is 0 Å². The number of nitrogens with two attached hydrogens (primary N) is 1. The first-order valence-corrected chi connectivity index (χ1v) is 5.69. The third-order valence-corrected chi connectivity index (χ3v) is 3.11. The molecule has 0 aliphatic carbocycles. The Kier molecular flexibility index (Phi) is 3.08. The molecule has 1 amide bonds. The van der Waals surface area contributed by atoms with Crippen LogP contribution in [0.25, 0.3) is 10.6 Å². The van der Waals surface area contributed by atoms with Crippen LogP contribution in [0.5, 0.6) is 0 Å². The fourth-order valence-corrected chi connectivity index (χ4v) is 2.14. The molecule has 0 spiro atoms. The lowest BCUT2D eigenvalue weighted by atomic mass is 10.1. The van der Waals surface area contributed by atoms with Crippen molar-refractivity contribution in [2.45, 2.75) is 6.18 Å². The van der Waals surface area contributed by atoms with Crippen LogP contribution in [-0.2, 0) is 6.18 Å². The predicted octanol–water partition coefficient (Wildman–Crippen LogP) is 2.93. The highest BCUT2D eigenvalue weighted by atomic mass is 32.1. The Morgan fingerprint density at radius 1 is 1.22 bits per heavy atom. The molecular formula is C11H7F3N2OS. The highest BCUT2D eigenvalue weighted by molar-refractivity contribution is 7.13. The Labute approximate surface area is 104 Å². The largest absolute Gasteiger partial charge is 0.416 e. The first kappa shape index (κ1) is 12.6. The summed E-state index contributed by atoms with van der Waals surface area (Å²) in [4.78, 5) is 14.8. The van der Waals surface area contributed by atoms with E-state index >= 15 is 0 Å². The van der Waals surface area contributed by atoms with E-state index in [0.29, 0.717) is 10.6 Å². The molecule has 0 aliphatic heterocycles. The van der Waals surface area contributed by atoms with Gasteiger partial charge in [-0.2, -0.15) is 13.2 Å². The van der Waals surface area contributed by atoms with Gasteiger partial charge < -0.3 is 5.73 Å². The molecule has 2 rings (SSSR count). The maximum Gasteiger partial charge on any atom is 0.416 e. The average Bonchev–Trinajstić information content (AvgIpc) is 2.77. The van der Waals surface area contributed by atoms with Crippen LogP contribution in [-0.4, -0.2) is 10.9 Å². The van der Waals surface area contributed by atoms with E-state index in [1.807, 2.05) is 0 Å². The predicted molar refractivity (Wildman–Crippen MR) is 61.1 cm³/mol. The lowest BCUT2D eigenvalue weighted by Crippen LogP contribution is -2.10. The number of hydrogen-bond acceptors (Lipinski definition) is 3. The minimum absolute atomic E-state index is 0.106. The fourth-order valence-electron chi connectivity index (χ4n) is 1.32. The van der Waals surface area contributed by atoms with E-state index in [9.17, 15) is 18.0 Å². The number of carbonyl (C=O) groups excluding carboxylic acids is 1. The van der Waals surface area contributed by atoms with Crippen LogP contribution in [0.2, 0.25) is 0 Å². The monoisotopic (exact) mass is 272 g/mol.